The van der Waals surface area contributed by atoms with Crippen LogP contribution in [0.3, 0.4) is 0 Å². The zero-order valence-electron chi connectivity index (χ0n) is 13.9. The van der Waals surface area contributed by atoms with Gasteiger partial charge in [0.25, 0.3) is 0 Å². The predicted octanol–water partition coefficient (Wildman–Crippen LogP) is 2.83. The summed E-state index contributed by atoms with van der Waals surface area (Å²) in [6.45, 7) is 2.30. The van der Waals surface area contributed by atoms with E-state index in [1.54, 1.807) is 12.1 Å². The number of halogens is 1. The van der Waals surface area contributed by atoms with Crippen LogP contribution in [0.5, 0.6) is 5.75 Å². The van der Waals surface area contributed by atoms with Gasteiger partial charge in [-0.25, -0.2) is 4.39 Å². The molecule has 0 unspecified atom stereocenters. The van der Waals surface area contributed by atoms with Gasteiger partial charge in [0.1, 0.15) is 18.2 Å². The van der Waals surface area contributed by atoms with Crippen LogP contribution in [0.1, 0.15) is 32.1 Å². The van der Waals surface area contributed by atoms with Crippen LogP contribution < -0.4 is 10.1 Å². The number of ether oxygens (including phenoxy) is 1. The molecule has 0 heterocycles. The second-order valence-corrected chi connectivity index (χ2v) is 6.35. The first kappa shape index (κ1) is 17.7. The number of amides is 1. The van der Waals surface area contributed by atoms with E-state index in [9.17, 15) is 9.18 Å². The van der Waals surface area contributed by atoms with Gasteiger partial charge in [-0.15, -0.1) is 0 Å². The molecule has 4 nitrogen and oxygen atoms in total. The molecule has 1 aromatic carbocycles. The minimum absolute atomic E-state index is 0.0693. The standard InChI is InChI=1S/C18H27FN2O2/c1-21(11-12-23-17-9-7-16(19)8-10-17)14-18(22)20-13-15-5-3-2-4-6-15/h7-10,15H,2-6,11-14H2,1H3,(H,20,22). The minimum atomic E-state index is -0.274. The van der Waals surface area contributed by atoms with Crippen molar-refractivity contribution >= 4 is 5.91 Å². The molecular weight excluding hydrogens is 295 g/mol. The lowest BCUT2D eigenvalue weighted by Gasteiger charge is -2.22. The van der Waals surface area contributed by atoms with Crippen molar-refractivity contribution in [2.75, 3.05) is 33.3 Å². The average Bonchev–Trinajstić information content (AvgIpc) is 2.56. The first-order chi connectivity index (χ1) is 11.1. The Labute approximate surface area is 138 Å². The molecule has 0 saturated heterocycles. The zero-order chi connectivity index (χ0) is 16.5. The quantitative estimate of drug-likeness (QED) is 0.800. The van der Waals surface area contributed by atoms with Gasteiger partial charge >= 0.3 is 0 Å². The Balaban J connectivity index is 1.57. The van der Waals surface area contributed by atoms with Crippen molar-refractivity contribution in [3.8, 4) is 5.75 Å². The maximum absolute atomic E-state index is 12.8. The van der Waals surface area contributed by atoms with Crippen molar-refractivity contribution in [2.45, 2.75) is 32.1 Å². The topological polar surface area (TPSA) is 41.6 Å². The summed E-state index contributed by atoms with van der Waals surface area (Å²) < 4.78 is 18.3. The third-order valence-electron chi connectivity index (χ3n) is 4.28. The molecule has 128 valence electrons. The van der Waals surface area contributed by atoms with E-state index in [2.05, 4.69) is 5.32 Å². The van der Waals surface area contributed by atoms with Crippen LogP contribution in [0, 0.1) is 11.7 Å². The highest BCUT2D eigenvalue weighted by Crippen LogP contribution is 2.22. The molecule has 0 bridgehead atoms. The van der Waals surface area contributed by atoms with Gasteiger partial charge < -0.3 is 10.1 Å². The van der Waals surface area contributed by atoms with Crippen LogP contribution in [0.15, 0.2) is 24.3 Å². The third-order valence-corrected chi connectivity index (χ3v) is 4.28. The van der Waals surface area contributed by atoms with E-state index >= 15 is 0 Å². The molecule has 5 heteroatoms. The van der Waals surface area contributed by atoms with E-state index in [1.165, 1.54) is 44.2 Å². The Morgan fingerprint density at radius 2 is 1.96 bits per heavy atom. The van der Waals surface area contributed by atoms with Gasteiger partial charge in [-0.05, 0) is 50.1 Å². The summed E-state index contributed by atoms with van der Waals surface area (Å²) in [6, 6.07) is 5.95. The summed E-state index contributed by atoms with van der Waals surface area (Å²) in [5, 5.41) is 3.03. The second kappa shape index (κ2) is 9.50. The van der Waals surface area contributed by atoms with Gasteiger partial charge in [-0.3, -0.25) is 9.69 Å². The van der Waals surface area contributed by atoms with Gasteiger partial charge in [-0.2, -0.15) is 0 Å². The van der Waals surface area contributed by atoms with Crippen LogP contribution in [0.25, 0.3) is 0 Å². The van der Waals surface area contributed by atoms with E-state index in [4.69, 9.17) is 4.74 Å². The summed E-state index contributed by atoms with van der Waals surface area (Å²) in [5.41, 5.74) is 0. The number of likely N-dealkylation sites (N-methyl/N-ethyl adjacent to an activating group) is 1. The molecule has 1 amide bonds. The highest BCUT2D eigenvalue weighted by Gasteiger charge is 2.14. The second-order valence-electron chi connectivity index (χ2n) is 6.35. The van der Waals surface area contributed by atoms with E-state index in [-0.39, 0.29) is 11.7 Å². The van der Waals surface area contributed by atoms with Crippen LogP contribution in [0.4, 0.5) is 4.39 Å². The normalized spacial score (nSPS) is 15.6. The van der Waals surface area contributed by atoms with E-state index in [0.29, 0.717) is 31.4 Å². The van der Waals surface area contributed by atoms with E-state index in [1.807, 2.05) is 11.9 Å². The predicted molar refractivity (Wildman–Crippen MR) is 89.0 cm³/mol. The molecule has 0 aliphatic heterocycles. The fourth-order valence-corrected chi connectivity index (χ4v) is 2.88. The molecule has 1 aliphatic carbocycles. The first-order valence-electron chi connectivity index (χ1n) is 8.47. The molecule has 0 spiro atoms. The van der Waals surface area contributed by atoms with Gasteiger partial charge in [0, 0.05) is 13.1 Å². The van der Waals surface area contributed by atoms with Crippen LogP contribution >= 0.6 is 0 Å². The Kier molecular flexibility index (Phi) is 7.33. The lowest BCUT2D eigenvalue weighted by Crippen LogP contribution is -2.39. The lowest BCUT2D eigenvalue weighted by molar-refractivity contribution is -0.122. The van der Waals surface area contributed by atoms with E-state index in [0.717, 1.165) is 6.54 Å². The Morgan fingerprint density at radius 3 is 2.65 bits per heavy atom. The SMILES string of the molecule is CN(CCOc1ccc(F)cc1)CC(=O)NCC1CCCCC1. The maximum atomic E-state index is 12.8. The molecule has 2 rings (SSSR count). The Morgan fingerprint density at radius 1 is 1.26 bits per heavy atom. The highest BCUT2D eigenvalue weighted by molar-refractivity contribution is 5.77. The number of nitrogens with one attached hydrogen (secondary N) is 1. The van der Waals surface area contributed by atoms with Gasteiger partial charge in [0.15, 0.2) is 0 Å². The molecule has 1 N–H and O–H groups in total. The summed E-state index contributed by atoms with van der Waals surface area (Å²) in [7, 11) is 1.90. The molecule has 23 heavy (non-hydrogen) atoms. The summed E-state index contributed by atoms with van der Waals surface area (Å²) in [4.78, 5) is 13.9. The summed E-state index contributed by atoms with van der Waals surface area (Å²) >= 11 is 0. The summed E-state index contributed by atoms with van der Waals surface area (Å²) in [5.74, 6) is 1.09. The van der Waals surface area contributed by atoms with E-state index < -0.39 is 0 Å². The van der Waals surface area contributed by atoms with Crippen molar-refractivity contribution in [3.05, 3.63) is 30.1 Å². The number of nitrogens with zero attached hydrogens (tertiary/aromatic N) is 1. The number of carbonyl (C=O) groups excluding carboxylic acids is 1. The molecule has 1 aromatic rings. The summed E-state index contributed by atoms with van der Waals surface area (Å²) in [6.07, 6.45) is 6.40. The van der Waals surface area contributed by atoms with Crippen molar-refractivity contribution in [1.82, 2.24) is 10.2 Å². The number of carbonyl (C=O) groups is 1. The fourth-order valence-electron chi connectivity index (χ4n) is 2.88. The monoisotopic (exact) mass is 322 g/mol. The molecular formula is C18H27FN2O2. The van der Waals surface area contributed by atoms with Crippen molar-refractivity contribution in [1.29, 1.82) is 0 Å². The average molecular weight is 322 g/mol. The number of rotatable bonds is 8. The van der Waals surface area contributed by atoms with Gasteiger partial charge in [0.05, 0.1) is 6.54 Å². The van der Waals surface area contributed by atoms with Crippen molar-refractivity contribution in [3.63, 3.8) is 0 Å². The molecule has 1 fully saturated rings. The number of hydrogen-bond acceptors (Lipinski definition) is 3. The van der Waals surface area contributed by atoms with Gasteiger partial charge in [-0.1, -0.05) is 19.3 Å². The van der Waals surface area contributed by atoms with Crippen molar-refractivity contribution in [2.24, 2.45) is 5.92 Å². The van der Waals surface area contributed by atoms with Crippen molar-refractivity contribution < 1.29 is 13.9 Å². The Hall–Kier alpha value is -1.62. The first-order valence-corrected chi connectivity index (χ1v) is 8.47. The molecule has 1 saturated carbocycles. The molecule has 0 aromatic heterocycles. The minimum Gasteiger partial charge on any atom is -0.492 e. The van der Waals surface area contributed by atoms with Crippen LogP contribution in [0.2, 0.25) is 0 Å². The van der Waals surface area contributed by atoms with Crippen LogP contribution in [-0.2, 0) is 4.79 Å². The molecule has 1 aliphatic rings. The fraction of sp³-hybridized carbons (Fsp3) is 0.611. The number of hydrogen-bond donors (Lipinski definition) is 1. The largest absolute Gasteiger partial charge is 0.492 e. The molecule has 0 radical (unpaired) electrons. The number of benzene rings is 1. The van der Waals surface area contributed by atoms with Gasteiger partial charge in [0.2, 0.25) is 5.91 Å². The molecule has 0 atom stereocenters. The smallest absolute Gasteiger partial charge is 0.234 e. The lowest BCUT2D eigenvalue weighted by atomic mass is 9.89. The van der Waals surface area contributed by atoms with Crippen LogP contribution in [-0.4, -0.2) is 44.1 Å². The third kappa shape index (κ3) is 6.99. The highest BCUT2D eigenvalue weighted by atomic mass is 19.1. The zero-order valence-corrected chi connectivity index (χ0v) is 13.9. The maximum Gasteiger partial charge on any atom is 0.234 e. The Bertz CT molecular complexity index is 472.